The molecule has 0 atom stereocenters. The minimum Gasteiger partial charge on any atom is -0.292 e. The predicted octanol–water partition coefficient (Wildman–Crippen LogP) is 3.03. The Morgan fingerprint density at radius 2 is 2.00 bits per heavy atom. The fraction of sp³-hybridized carbons (Fsp3) is 0.467. The van der Waals surface area contributed by atoms with Gasteiger partial charge in [0.15, 0.2) is 0 Å². The summed E-state index contributed by atoms with van der Waals surface area (Å²) >= 11 is 0. The van der Waals surface area contributed by atoms with E-state index in [1.54, 1.807) is 12.1 Å². The van der Waals surface area contributed by atoms with Crippen LogP contribution in [0.25, 0.3) is 0 Å². The number of hydrogen-bond donors (Lipinski definition) is 0. The van der Waals surface area contributed by atoms with Crippen LogP contribution in [0.1, 0.15) is 27.2 Å². The first kappa shape index (κ1) is 14.5. The Hall–Kier alpha value is -1.91. The molecule has 1 heterocycles. The topological polar surface area (TPSA) is 40.6 Å². The Kier molecular flexibility index (Phi) is 3.79. The zero-order chi connectivity index (χ0) is 14.9. The van der Waals surface area contributed by atoms with Gasteiger partial charge < -0.3 is 0 Å². The summed E-state index contributed by atoms with van der Waals surface area (Å²) in [6.07, 6.45) is 0.315. The second-order valence-corrected chi connectivity index (χ2v) is 6.20. The van der Waals surface area contributed by atoms with Crippen LogP contribution >= 0.6 is 0 Å². The maximum atomic E-state index is 13.2. The molecule has 3 amide bonds. The van der Waals surface area contributed by atoms with Gasteiger partial charge in [-0.1, -0.05) is 26.8 Å². The standard InChI is InChI=1S/C15H19FN2O2/c1-15(2,3)10-13(19)18-8-7-17(14(18)20)12-6-4-5-11(16)9-12/h4-6,9H,7-8,10H2,1-3H3. The molecular formula is C15H19FN2O2. The molecule has 1 aliphatic rings. The van der Waals surface area contributed by atoms with Crippen LogP contribution in [0.15, 0.2) is 24.3 Å². The lowest BCUT2D eigenvalue weighted by molar-refractivity contribution is -0.129. The average molecular weight is 278 g/mol. The molecule has 1 fully saturated rings. The molecule has 1 aromatic rings. The lowest BCUT2D eigenvalue weighted by Gasteiger charge is -2.22. The fourth-order valence-corrected chi connectivity index (χ4v) is 2.20. The molecule has 0 aromatic heterocycles. The molecule has 0 spiro atoms. The van der Waals surface area contributed by atoms with E-state index in [1.807, 2.05) is 20.8 Å². The number of nitrogens with zero attached hydrogens (tertiary/aromatic N) is 2. The fourth-order valence-electron chi connectivity index (χ4n) is 2.20. The SMILES string of the molecule is CC(C)(C)CC(=O)N1CCN(c2cccc(F)c2)C1=O. The number of amides is 3. The zero-order valence-electron chi connectivity index (χ0n) is 12.0. The molecule has 0 aliphatic carbocycles. The first-order valence-electron chi connectivity index (χ1n) is 6.65. The van der Waals surface area contributed by atoms with E-state index in [9.17, 15) is 14.0 Å². The van der Waals surface area contributed by atoms with Crippen molar-refractivity contribution in [3.05, 3.63) is 30.1 Å². The summed E-state index contributed by atoms with van der Waals surface area (Å²) in [5.41, 5.74) is 0.324. The molecule has 1 aromatic carbocycles. The van der Waals surface area contributed by atoms with Crippen molar-refractivity contribution in [2.75, 3.05) is 18.0 Å². The van der Waals surface area contributed by atoms with Crippen LogP contribution in [-0.4, -0.2) is 29.9 Å². The van der Waals surface area contributed by atoms with E-state index >= 15 is 0 Å². The van der Waals surface area contributed by atoms with Gasteiger partial charge in [-0.2, -0.15) is 0 Å². The van der Waals surface area contributed by atoms with Crippen molar-refractivity contribution in [2.45, 2.75) is 27.2 Å². The van der Waals surface area contributed by atoms with E-state index in [-0.39, 0.29) is 17.4 Å². The van der Waals surface area contributed by atoms with E-state index in [0.29, 0.717) is 25.2 Å². The molecule has 1 aliphatic heterocycles. The van der Waals surface area contributed by atoms with Gasteiger partial charge in [0, 0.05) is 25.2 Å². The Morgan fingerprint density at radius 3 is 2.60 bits per heavy atom. The van der Waals surface area contributed by atoms with Gasteiger partial charge in [0.25, 0.3) is 0 Å². The summed E-state index contributed by atoms with van der Waals surface area (Å²) in [6, 6.07) is 5.48. The molecular weight excluding hydrogens is 259 g/mol. The van der Waals surface area contributed by atoms with Crippen LogP contribution in [0, 0.1) is 11.2 Å². The van der Waals surface area contributed by atoms with Crippen molar-refractivity contribution in [2.24, 2.45) is 5.41 Å². The largest absolute Gasteiger partial charge is 0.331 e. The second-order valence-electron chi connectivity index (χ2n) is 6.20. The van der Waals surface area contributed by atoms with Gasteiger partial charge in [-0.25, -0.2) is 9.18 Å². The third-order valence-corrected chi connectivity index (χ3v) is 3.11. The Labute approximate surface area is 118 Å². The van der Waals surface area contributed by atoms with Gasteiger partial charge >= 0.3 is 6.03 Å². The van der Waals surface area contributed by atoms with Gasteiger partial charge in [-0.3, -0.25) is 14.6 Å². The lowest BCUT2D eigenvalue weighted by atomic mass is 9.92. The predicted molar refractivity (Wildman–Crippen MR) is 74.9 cm³/mol. The third-order valence-electron chi connectivity index (χ3n) is 3.11. The molecule has 4 nitrogen and oxygen atoms in total. The highest BCUT2D eigenvalue weighted by Gasteiger charge is 2.35. The number of carbonyl (C=O) groups excluding carboxylic acids is 2. The van der Waals surface area contributed by atoms with Gasteiger partial charge in [0.1, 0.15) is 5.82 Å². The highest BCUT2D eigenvalue weighted by atomic mass is 19.1. The van der Waals surface area contributed by atoms with Crippen LogP contribution in [0.4, 0.5) is 14.9 Å². The van der Waals surface area contributed by atoms with Gasteiger partial charge in [0.05, 0.1) is 0 Å². The van der Waals surface area contributed by atoms with Crippen LogP contribution in [0.3, 0.4) is 0 Å². The molecule has 0 radical (unpaired) electrons. The quantitative estimate of drug-likeness (QED) is 0.834. The van der Waals surface area contributed by atoms with Gasteiger partial charge in [-0.05, 0) is 23.6 Å². The van der Waals surface area contributed by atoms with Crippen LogP contribution in [0.5, 0.6) is 0 Å². The van der Waals surface area contributed by atoms with Crippen LogP contribution in [-0.2, 0) is 4.79 Å². The number of carbonyl (C=O) groups is 2. The second kappa shape index (κ2) is 5.23. The van der Waals surface area contributed by atoms with Crippen LogP contribution in [0.2, 0.25) is 0 Å². The molecule has 1 saturated heterocycles. The van der Waals surface area contributed by atoms with E-state index in [4.69, 9.17) is 0 Å². The molecule has 20 heavy (non-hydrogen) atoms. The zero-order valence-corrected chi connectivity index (χ0v) is 12.0. The van der Waals surface area contributed by atoms with E-state index in [2.05, 4.69) is 0 Å². The van der Waals surface area contributed by atoms with Gasteiger partial charge in [-0.15, -0.1) is 0 Å². The number of halogens is 1. The highest BCUT2D eigenvalue weighted by molar-refractivity contribution is 6.04. The summed E-state index contributed by atoms with van der Waals surface area (Å²) in [6.45, 7) is 6.61. The van der Waals surface area contributed by atoms with E-state index in [0.717, 1.165) is 0 Å². The minimum absolute atomic E-state index is 0.163. The summed E-state index contributed by atoms with van der Waals surface area (Å²) in [4.78, 5) is 27.1. The first-order valence-corrected chi connectivity index (χ1v) is 6.65. The van der Waals surface area contributed by atoms with Crippen molar-refractivity contribution >= 4 is 17.6 Å². The Morgan fingerprint density at radius 1 is 1.30 bits per heavy atom. The maximum absolute atomic E-state index is 13.2. The monoisotopic (exact) mass is 278 g/mol. The minimum atomic E-state index is -0.394. The van der Waals surface area contributed by atoms with Crippen molar-refractivity contribution in [1.29, 1.82) is 0 Å². The number of benzene rings is 1. The summed E-state index contributed by atoms with van der Waals surface area (Å²) in [5, 5.41) is 0. The number of anilines is 1. The Bertz CT molecular complexity index is 537. The third kappa shape index (κ3) is 3.15. The molecule has 0 bridgehead atoms. The van der Waals surface area contributed by atoms with E-state index < -0.39 is 5.82 Å². The number of urea groups is 1. The van der Waals surface area contributed by atoms with Crippen molar-refractivity contribution in [3.63, 3.8) is 0 Å². The summed E-state index contributed by atoms with van der Waals surface area (Å²) < 4.78 is 13.2. The smallest absolute Gasteiger partial charge is 0.292 e. The van der Waals surface area contributed by atoms with Gasteiger partial charge in [0.2, 0.25) is 5.91 Å². The molecule has 0 saturated carbocycles. The molecule has 2 rings (SSSR count). The van der Waals surface area contributed by atoms with Crippen molar-refractivity contribution in [3.8, 4) is 0 Å². The first-order chi connectivity index (χ1) is 9.28. The highest BCUT2D eigenvalue weighted by Crippen LogP contribution is 2.25. The molecule has 0 N–H and O–H groups in total. The number of imide groups is 1. The normalized spacial score (nSPS) is 15.9. The lowest BCUT2D eigenvalue weighted by Crippen LogP contribution is -2.37. The molecule has 108 valence electrons. The summed E-state index contributed by atoms with van der Waals surface area (Å²) in [5.74, 6) is -0.573. The maximum Gasteiger partial charge on any atom is 0.331 e. The average Bonchev–Trinajstić information content (AvgIpc) is 2.69. The molecule has 5 heteroatoms. The van der Waals surface area contributed by atoms with Crippen LogP contribution < -0.4 is 4.90 Å². The Balaban J connectivity index is 2.12. The number of hydrogen-bond acceptors (Lipinski definition) is 2. The number of rotatable bonds is 2. The molecule has 0 unspecified atom stereocenters. The van der Waals surface area contributed by atoms with Crippen molar-refractivity contribution in [1.82, 2.24) is 4.90 Å². The van der Waals surface area contributed by atoms with E-state index in [1.165, 1.54) is 21.9 Å². The van der Waals surface area contributed by atoms with Crippen molar-refractivity contribution < 1.29 is 14.0 Å². The summed E-state index contributed by atoms with van der Waals surface area (Å²) in [7, 11) is 0.